The molecule has 128 valence electrons. The number of nitrogens with one attached hydrogen (secondary N) is 1. The Morgan fingerprint density at radius 3 is 2.83 bits per heavy atom. The topological polar surface area (TPSA) is 99.3 Å². The first-order valence-corrected chi connectivity index (χ1v) is 8.02. The molecule has 0 bridgehead atoms. The molecule has 0 aliphatic carbocycles. The highest BCUT2D eigenvalue weighted by Gasteiger charge is 2.17. The molecule has 0 aliphatic rings. The number of rotatable bonds is 7. The van der Waals surface area contributed by atoms with E-state index < -0.39 is 4.92 Å². The Bertz CT molecular complexity index is 740. The van der Waals surface area contributed by atoms with Gasteiger partial charge in [-0.2, -0.15) is 5.10 Å². The Morgan fingerprint density at radius 1 is 1.50 bits per heavy atom. The molecular weight excluding hydrogens is 380 g/mol. The third-order valence-corrected chi connectivity index (χ3v) is 4.15. The van der Waals surface area contributed by atoms with Crippen LogP contribution in [0.4, 0.5) is 5.69 Å². The number of ether oxygens (including phenoxy) is 1. The van der Waals surface area contributed by atoms with Crippen LogP contribution in [0.1, 0.15) is 22.5 Å². The highest BCUT2D eigenvalue weighted by atomic mass is 79.9. The van der Waals surface area contributed by atoms with Crippen molar-refractivity contribution in [2.24, 2.45) is 0 Å². The zero-order valence-corrected chi connectivity index (χ0v) is 14.9. The number of amides is 1. The Morgan fingerprint density at radius 2 is 2.25 bits per heavy atom. The molecule has 0 atom stereocenters. The van der Waals surface area contributed by atoms with Crippen molar-refractivity contribution in [2.45, 2.75) is 19.9 Å². The highest BCUT2D eigenvalue weighted by Crippen LogP contribution is 2.27. The number of nitro benzene ring substituents is 1. The molecule has 2 rings (SSSR count). The Labute approximate surface area is 147 Å². The molecule has 0 fully saturated rings. The van der Waals surface area contributed by atoms with E-state index in [9.17, 15) is 14.9 Å². The van der Waals surface area contributed by atoms with E-state index >= 15 is 0 Å². The van der Waals surface area contributed by atoms with Crippen molar-refractivity contribution in [1.82, 2.24) is 15.1 Å². The second kappa shape index (κ2) is 7.91. The van der Waals surface area contributed by atoms with Gasteiger partial charge in [-0.15, -0.1) is 0 Å². The molecule has 9 heteroatoms. The standard InChI is InChI=1S/C15H17BrN4O4/c1-10-12(16)9-19(18-10)7-3-6-17-15(21)11-4-5-14(24-2)13(8-11)20(22)23/h4-5,8-9H,3,6-7H2,1-2H3,(H,17,21). The van der Waals surface area contributed by atoms with Crippen LogP contribution in [0.15, 0.2) is 28.9 Å². The zero-order chi connectivity index (χ0) is 17.7. The molecule has 0 unspecified atom stereocenters. The van der Waals surface area contributed by atoms with Crippen molar-refractivity contribution >= 4 is 27.5 Å². The van der Waals surface area contributed by atoms with Gasteiger partial charge in [-0.3, -0.25) is 19.6 Å². The largest absolute Gasteiger partial charge is 0.490 e. The SMILES string of the molecule is COc1ccc(C(=O)NCCCn2cc(Br)c(C)n2)cc1[N+](=O)[O-]. The van der Waals surface area contributed by atoms with Crippen LogP contribution < -0.4 is 10.1 Å². The van der Waals surface area contributed by atoms with Crippen LogP contribution in [0, 0.1) is 17.0 Å². The summed E-state index contributed by atoms with van der Waals surface area (Å²) in [6.45, 7) is 3.00. The second-order valence-electron chi connectivity index (χ2n) is 5.08. The summed E-state index contributed by atoms with van der Waals surface area (Å²) in [4.78, 5) is 22.5. The minimum Gasteiger partial charge on any atom is -0.490 e. The van der Waals surface area contributed by atoms with Gasteiger partial charge in [0, 0.05) is 30.9 Å². The van der Waals surface area contributed by atoms with Crippen LogP contribution in [-0.4, -0.2) is 34.3 Å². The van der Waals surface area contributed by atoms with Gasteiger partial charge in [0.15, 0.2) is 5.75 Å². The fourth-order valence-corrected chi connectivity index (χ4v) is 2.44. The average Bonchev–Trinajstić information content (AvgIpc) is 2.88. The van der Waals surface area contributed by atoms with Crippen molar-refractivity contribution in [3.8, 4) is 5.75 Å². The van der Waals surface area contributed by atoms with Crippen LogP contribution in [0.5, 0.6) is 5.75 Å². The normalized spacial score (nSPS) is 10.5. The first-order valence-electron chi connectivity index (χ1n) is 7.22. The number of halogens is 1. The monoisotopic (exact) mass is 396 g/mol. The number of carbonyl (C=O) groups excluding carboxylic acids is 1. The minimum atomic E-state index is -0.576. The average molecular weight is 397 g/mol. The summed E-state index contributed by atoms with van der Waals surface area (Å²) in [6.07, 6.45) is 2.57. The van der Waals surface area contributed by atoms with Crippen LogP contribution in [0.25, 0.3) is 0 Å². The first-order chi connectivity index (χ1) is 11.4. The van der Waals surface area contributed by atoms with E-state index in [1.165, 1.54) is 25.3 Å². The Kier molecular flexibility index (Phi) is 5.91. The van der Waals surface area contributed by atoms with Gasteiger partial charge in [0.2, 0.25) is 0 Å². The quantitative estimate of drug-likeness (QED) is 0.440. The fraction of sp³-hybridized carbons (Fsp3) is 0.333. The summed E-state index contributed by atoms with van der Waals surface area (Å²) in [5.74, 6) is -0.241. The summed E-state index contributed by atoms with van der Waals surface area (Å²) in [5.41, 5.74) is 0.895. The Balaban J connectivity index is 1.90. The molecule has 2 aromatic rings. The lowest BCUT2D eigenvalue weighted by Crippen LogP contribution is -2.25. The molecule has 8 nitrogen and oxygen atoms in total. The maximum Gasteiger partial charge on any atom is 0.311 e. The molecule has 0 saturated carbocycles. The number of benzene rings is 1. The highest BCUT2D eigenvalue weighted by molar-refractivity contribution is 9.10. The van der Waals surface area contributed by atoms with Crippen LogP contribution in [-0.2, 0) is 6.54 Å². The van der Waals surface area contributed by atoms with Gasteiger partial charge in [-0.05, 0) is 41.4 Å². The molecule has 0 saturated heterocycles. The van der Waals surface area contributed by atoms with Crippen LogP contribution >= 0.6 is 15.9 Å². The molecule has 1 aromatic carbocycles. The lowest BCUT2D eigenvalue weighted by molar-refractivity contribution is -0.385. The number of hydrogen-bond donors (Lipinski definition) is 1. The predicted octanol–water partition coefficient (Wildman–Crippen LogP) is 2.69. The molecule has 0 radical (unpaired) electrons. The molecule has 0 spiro atoms. The summed E-state index contributed by atoms with van der Waals surface area (Å²) < 4.78 is 7.65. The molecule has 1 N–H and O–H groups in total. The van der Waals surface area contributed by atoms with Gasteiger partial charge >= 0.3 is 5.69 Å². The van der Waals surface area contributed by atoms with Crippen molar-refractivity contribution in [3.05, 3.63) is 50.2 Å². The van der Waals surface area contributed by atoms with Crippen molar-refractivity contribution < 1.29 is 14.5 Å². The Hall–Kier alpha value is -2.42. The predicted molar refractivity (Wildman–Crippen MR) is 91.3 cm³/mol. The van der Waals surface area contributed by atoms with E-state index in [2.05, 4.69) is 26.3 Å². The second-order valence-corrected chi connectivity index (χ2v) is 5.93. The zero-order valence-electron chi connectivity index (χ0n) is 13.3. The number of nitro groups is 1. The van der Waals surface area contributed by atoms with E-state index in [0.717, 1.165) is 10.2 Å². The maximum absolute atomic E-state index is 12.1. The molecule has 1 amide bonds. The van der Waals surface area contributed by atoms with E-state index in [4.69, 9.17) is 4.74 Å². The number of nitrogens with zero attached hydrogens (tertiary/aromatic N) is 3. The van der Waals surface area contributed by atoms with Gasteiger partial charge in [-0.25, -0.2) is 0 Å². The molecule has 1 heterocycles. The number of aryl methyl sites for hydroxylation is 2. The smallest absolute Gasteiger partial charge is 0.311 e. The first kappa shape index (κ1) is 17.9. The third kappa shape index (κ3) is 4.31. The summed E-state index contributed by atoms with van der Waals surface area (Å²) in [5, 5.41) is 18.0. The van der Waals surface area contributed by atoms with Crippen molar-refractivity contribution in [1.29, 1.82) is 0 Å². The summed E-state index contributed by atoms with van der Waals surface area (Å²) >= 11 is 3.39. The van der Waals surface area contributed by atoms with Crippen LogP contribution in [0.2, 0.25) is 0 Å². The van der Waals surface area contributed by atoms with Crippen LogP contribution in [0.3, 0.4) is 0 Å². The van der Waals surface area contributed by atoms with Gasteiger partial charge in [0.1, 0.15) is 0 Å². The van der Waals surface area contributed by atoms with E-state index in [-0.39, 0.29) is 22.9 Å². The molecule has 1 aromatic heterocycles. The lowest BCUT2D eigenvalue weighted by Gasteiger charge is -2.07. The van der Waals surface area contributed by atoms with E-state index in [1.807, 2.05) is 13.1 Å². The maximum atomic E-state index is 12.1. The van der Waals surface area contributed by atoms with E-state index in [0.29, 0.717) is 19.5 Å². The van der Waals surface area contributed by atoms with Gasteiger partial charge in [0.05, 0.1) is 22.2 Å². The third-order valence-electron chi connectivity index (χ3n) is 3.37. The molecular formula is C15H17BrN4O4. The van der Waals surface area contributed by atoms with Gasteiger partial charge < -0.3 is 10.1 Å². The number of carbonyl (C=O) groups is 1. The molecule has 24 heavy (non-hydrogen) atoms. The lowest BCUT2D eigenvalue weighted by atomic mass is 10.1. The van der Waals surface area contributed by atoms with E-state index in [1.54, 1.807) is 4.68 Å². The minimum absolute atomic E-state index is 0.121. The number of hydrogen-bond acceptors (Lipinski definition) is 5. The summed E-state index contributed by atoms with van der Waals surface area (Å²) in [6, 6.07) is 4.12. The van der Waals surface area contributed by atoms with Crippen molar-refractivity contribution in [3.63, 3.8) is 0 Å². The summed E-state index contributed by atoms with van der Waals surface area (Å²) in [7, 11) is 1.34. The number of methoxy groups -OCH3 is 1. The van der Waals surface area contributed by atoms with Gasteiger partial charge in [-0.1, -0.05) is 0 Å². The van der Waals surface area contributed by atoms with Crippen molar-refractivity contribution in [2.75, 3.05) is 13.7 Å². The fourth-order valence-electron chi connectivity index (χ4n) is 2.13. The van der Waals surface area contributed by atoms with Gasteiger partial charge in [0.25, 0.3) is 5.91 Å². The number of aromatic nitrogens is 2. The molecule has 0 aliphatic heterocycles.